The Morgan fingerprint density at radius 2 is 1.73 bits per heavy atom. The number of ether oxygens (including phenoxy) is 1. The highest BCUT2D eigenvalue weighted by molar-refractivity contribution is 5.96. The van der Waals surface area contributed by atoms with Gasteiger partial charge in [-0.3, -0.25) is 9.59 Å². The topological polar surface area (TPSA) is 79.8 Å². The largest absolute Gasteiger partial charge is 0.494 e. The van der Waals surface area contributed by atoms with Gasteiger partial charge in [0.25, 0.3) is 5.91 Å². The lowest BCUT2D eigenvalue weighted by atomic mass is 10.2. The molecule has 2 rings (SSSR count). The second-order valence-corrected chi connectivity index (χ2v) is 5.58. The van der Waals surface area contributed by atoms with E-state index < -0.39 is 0 Å². The van der Waals surface area contributed by atoms with Gasteiger partial charge in [0.15, 0.2) is 0 Å². The van der Waals surface area contributed by atoms with Crippen LogP contribution in [-0.4, -0.2) is 24.6 Å². The Labute approximate surface area is 153 Å². The van der Waals surface area contributed by atoms with E-state index in [4.69, 9.17) is 4.74 Å². The molecule has 2 aromatic rings. The summed E-state index contributed by atoms with van der Waals surface area (Å²) in [6.07, 6.45) is 2.83. The number of benzene rings is 2. The summed E-state index contributed by atoms with van der Waals surface area (Å²) >= 11 is 0. The molecule has 0 saturated carbocycles. The van der Waals surface area contributed by atoms with Gasteiger partial charge in [0.1, 0.15) is 5.75 Å². The van der Waals surface area contributed by atoms with Crippen LogP contribution >= 0.6 is 0 Å². The van der Waals surface area contributed by atoms with E-state index in [0.29, 0.717) is 24.3 Å². The van der Waals surface area contributed by atoms with Crippen molar-refractivity contribution in [3.63, 3.8) is 0 Å². The number of rotatable bonds is 8. The van der Waals surface area contributed by atoms with Crippen LogP contribution in [0.2, 0.25) is 0 Å². The van der Waals surface area contributed by atoms with Gasteiger partial charge in [-0.1, -0.05) is 6.92 Å². The molecule has 0 spiro atoms. The average molecular weight is 353 g/mol. The molecule has 0 heterocycles. The van der Waals surface area contributed by atoms with E-state index in [1.807, 2.05) is 38.1 Å². The highest BCUT2D eigenvalue weighted by Crippen LogP contribution is 2.11. The molecule has 0 aliphatic carbocycles. The van der Waals surface area contributed by atoms with Crippen LogP contribution in [0.3, 0.4) is 0 Å². The van der Waals surface area contributed by atoms with Crippen LogP contribution in [0.4, 0.5) is 5.69 Å². The fourth-order valence-electron chi connectivity index (χ4n) is 2.20. The maximum atomic E-state index is 12.1. The summed E-state index contributed by atoms with van der Waals surface area (Å²) in [5.41, 5.74) is 4.45. The van der Waals surface area contributed by atoms with Gasteiger partial charge in [-0.2, -0.15) is 5.10 Å². The van der Waals surface area contributed by atoms with Crippen LogP contribution in [0.5, 0.6) is 5.75 Å². The van der Waals surface area contributed by atoms with Crippen molar-refractivity contribution in [2.75, 3.05) is 11.9 Å². The van der Waals surface area contributed by atoms with E-state index in [1.165, 1.54) is 0 Å². The van der Waals surface area contributed by atoms with Gasteiger partial charge < -0.3 is 10.1 Å². The zero-order chi connectivity index (χ0) is 18.8. The molecule has 0 aromatic heterocycles. The lowest BCUT2D eigenvalue weighted by Gasteiger charge is -2.05. The number of carbonyl (C=O) groups is 2. The Bertz CT molecular complexity index is 753. The van der Waals surface area contributed by atoms with Crippen molar-refractivity contribution < 1.29 is 14.3 Å². The Hall–Kier alpha value is -3.15. The normalized spacial score (nSPS) is 10.5. The van der Waals surface area contributed by atoms with Gasteiger partial charge in [-0.05, 0) is 67.4 Å². The molecule has 2 aromatic carbocycles. The van der Waals surface area contributed by atoms with Crippen molar-refractivity contribution in [3.8, 4) is 5.75 Å². The van der Waals surface area contributed by atoms with E-state index >= 15 is 0 Å². The molecule has 0 saturated heterocycles. The van der Waals surface area contributed by atoms with Crippen LogP contribution in [-0.2, 0) is 4.79 Å². The first kappa shape index (κ1) is 19.2. The second-order valence-electron chi connectivity index (χ2n) is 5.58. The first-order valence-corrected chi connectivity index (χ1v) is 8.58. The van der Waals surface area contributed by atoms with Crippen LogP contribution in [0.1, 0.15) is 42.6 Å². The molecule has 0 aliphatic rings. The van der Waals surface area contributed by atoms with Gasteiger partial charge in [0.05, 0.1) is 12.8 Å². The zero-order valence-electron chi connectivity index (χ0n) is 15.0. The molecule has 0 atom stereocenters. The number of nitrogens with zero attached hydrogens (tertiary/aromatic N) is 1. The summed E-state index contributed by atoms with van der Waals surface area (Å²) in [5.74, 6) is 0.433. The monoisotopic (exact) mass is 353 g/mol. The zero-order valence-corrected chi connectivity index (χ0v) is 15.0. The third-order valence-electron chi connectivity index (χ3n) is 3.48. The Morgan fingerprint density at radius 3 is 2.35 bits per heavy atom. The Balaban J connectivity index is 1.87. The first-order valence-electron chi connectivity index (χ1n) is 8.58. The van der Waals surface area contributed by atoms with Crippen LogP contribution in [0.15, 0.2) is 53.6 Å². The highest BCUT2D eigenvalue weighted by Gasteiger charge is 2.05. The van der Waals surface area contributed by atoms with Crippen molar-refractivity contribution in [3.05, 3.63) is 59.7 Å². The third-order valence-corrected chi connectivity index (χ3v) is 3.48. The van der Waals surface area contributed by atoms with Crippen molar-refractivity contribution in [2.24, 2.45) is 5.10 Å². The maximum Gasteiger partial charge on any atom is 0.271 e. The summed E-state index contributed by atoms with van der Waals surface area (Å²) in [4.78, 5) is 23.6. The molecule has 26 heavy (non-hydrogen) atoms. The van der Waals surface area contributed by atoms with E-state index in [0.717, 1.165) is 17.7 Å². The predicted molar refractivity (Wildman–Crippen MR) is 103 cm³/mol. The molecule has 0 fully saturated rings. The van der Waals surface area contributed by atoms with E-state index in [9.17, 15) is 9.59 Å². The number of hydrogen-bond acceptors (Lipinski definition) is 4. The molecule has 6 nitrogen and oxygen atoms in total. The lowest BCUT2D eigenvalue weighted by Crippen LogP contribution is -2.17. The van der Waals surface area contributed by atoms with Gasteiger partial charge in [-0.15, -0.1) is 0 Å². The predicted octanol–water partition coefficient (Wildman–Crippen LogP) is 3.59. The van der Waals surface area contributed by atoms with Crippen LogP contribution in [0.25, 0.3) is 0 Å². The Morgan fingerprint density at radius 1 is 1.04 bits per heavy atom. The summed E-state index contributed by atoms with van der Waals surface area (Å²) in [5, 5.41) is 6.73. The van der Waals surface area contributed by atoms with Gasteiger partial charge in [0.2, 0.25) is 5.91 Å². The second kappa shape index (κ2) is 9.98. The molecule has 6 heteroatoms. The van der Waals surface area contributed by atoms with Crippen molar-refractivity contribution in [2.45, 2.75) is 26.7 Å². The standard InChI is InChI=1S/C20H23N3O3/c1-3-5-19(24)22-17-10-8-16(9-11-17)20(25)23-21-14-15-6-12-18(13-7-15)26-4-2/h6-14H,3-5H2,1-2H3,(H,22,24)(H,23,25)/b21-14+. The summed E-state index contributed by atoms with van der Waals surface area (Å²) < 4.78 is 5.37. The maximum absolute atomic E-state index is 12.1. The smallest absolute Gasteiger partial charge is 0.271 e. The number of amides is 2. The number of hydrogen-bond donors (Lipinski definition) is 2. The van der Waals surface area contributed by atoms with Crippen LogP contribution < -0.4 is 15.5 Å². The summed E-state index contributed by atoms with van der Waals surface area (Å²) in [7, 11) is 0. The minimum Gasteiger partial charge on any atom is -0.494 e. The fraction of sp³-hybridized carbons (Fsp3) is 0.250. The molecule has 136 valence electrons. The molecule has 0 unspecified atom stereocenters. The third kappa shape index (κ3) is 6.05. The van der Waals surface area contributed by atoms with Gasteiger partial charge in [-0.25, -0.2) is 5.43 Å². The van der Waals surface area contributed by atoms with E-state index in [-0.39, 0.29) is 11.8 Å². The number of nitrogens with one attached hydrogen (secondary N) is 2. The summed E-state index contributed by atoms with van der Waals surface area (Å²) in [6, 6.07) is 14.1. The first-order chi connectivity index (χ1) is 12.6. The average Bonchev–Trinajstić information content (AvgIpc) is 2.64. The van der Waals surface area contributed by atoms with Gasteiger partial charge >= 0.3 is 0 Å². The molecular formula is C20H23N3O3. The number of anilines is 1. The number of hydrazone groups is 1. The molecule has 0 bridgehead atoms. The van der Waals surface area contributed by atoms with Crippen molar-refractivity contribution >= 4 is 23.7 Å². The van der Waals surface area contributed by atoms with Crippen LogP contribution in [0, 0.1) is 0 Å². The molecular weight excluding hydrogens is 330 g/mol. The Kier molecular flexibility index (Phi) is 7.36. The molecule has 2 amide bonds. The number of carbonyl (C=O) groups excluding carboxylic acids is 2. The molecule has 2 N–H and O–H groups in total. The SMILES string of the molecule is CCCC(=O)Nc1ccc(C(=O)N/N=C/c2ccc(OCC)cc2)cc1. The lowest BCUT2D eigenvalue weighted by molar-refractivity contribution is -0.116. The van der Waals surface area contributed by atoms with Crippen molar-refractivity contribution in [1.82, 2.24) is 5.43 Å². The van der Waals surface area contributed by atoms with Gasteiger partial charge in [0, 0.05) is 17.7 Å². The quantitative estimate of drug-likeness (QED) is 0.562. The van der Waals surface area contributed by atoms with E-state index in [1.54, 1.807) is 30.5 Å². The molecule has 0 aliphatic heterocycles. The highest BCUT2D eigenvalue weighted by atomic mass is 16.5. The van der Waals surface area contributed by atoms with Crippen molar-refractivity contribution in [1.29, 1.82) is 0 Å². The summed E-state index contributed by atoms with van der Waals surface area (Å²) in [6.45, 7) is 4.49. The minimum atomic E-state index is -0.321. The molecule has 0 radical (unpaired) electrons. The minimum absolute atomic E-state index is 0.0374. The van der Waals surface area contributed by atoms with E-state index in [2.05, 4.69) is 15.8 Å². The fourth-order valence-corrected chi connectivity index (χ4v) is 2.20.